The van der Waals surface area contributed by atoms with Gasteiger partial charge >= 0.3 is 0 Å². The second kappa shape index (κ2) is 6.51. The number of nitrogens with one attached hydrogen (secondary N) is 1. The van der Waals surface area contributed by atoms with Crippen molar-refractivity contribution in [2.45, 2.75) is 26.3 Å². The van der Waals surface area contributed by atoms with Gasteiger partial charge in [0.2, 0.25) is 0 Å². The van der Waals surface area contributed by atoms with Gasteiger partial charge in [0.05, 0.1) is 7.11 Å². The number of ether oxygens (including phenoxy) is 1. The largest absolute Gasteiger partial charge is 0.496 e. The first-order valence-electron chi connectivity index (χ1n) is 5.73. The van der Waals surface area contributed by atoms with E-state index < -0.39 is 0 Å². The third kappa shape index (κ3) is 4.21. The highest BCUT2D eigenvalue weighted by Crippen LogP contribution is 2.19. The first-order valence-corrected chi connectivity index (χ1v) is 5.73. The van der Waals surface area contributed by atoms with Crippen molar-refractivity contribution in [2.24, 2.45) is 5.73 Å². The van der Waals surface area contributed by atoms with Crippen molar-refractivity contribution < 1.29 is 4.74 Å². The first-order chi connectivity index (χ1) is 7.63. The van der Waals surface area contributed by atoms with E-state index in [9.17, 15) is 0 Å². The normalized spacial score (nSPS) is 12.5. The van der Waals surface area contributed by atoms with Crippen molar-refractivity contribution in [3.05, 3.63) is 29.3 Å². The summed E-state index contributed by atoms with van der Waals surface area (Å²) in [7, 11) is 1.71. The number of hydrogen-bond donors (Lipinski definition) is 2. The summed E-state index contributed by atoms with van der Waals surface area (Å²) < 4.78 is 5.33. The molecule has 1 aromatic rings. The summed E-state index contributed by atoms with van der Waals surface area (Å²) in [6.07, 6.45) is 0.970. The molecule has 90 valence electrons. The van der Waals surface area contributed by atoms with Crippen LogP contribution in [0.5, 0.6) is 5.75 Å². The first kappa shape index (κ1) is 13.0. The van der Waals surface area contributed by atoms with Crippen LogP contribution in [0.2, 0.25) is 0 Å². The van der Waals surface area contributed by atoms with E-state index in [1.165, 1.54) is 11.1 Å². The Labute approximate surface area is 98.0 Å². The van der Waals surface area contributed by atoms with Crippen molar-refractivity contribution in [2.75, 3.05) is 20.2 Å². The van der Waals surface area contributed by atoms with Gasteiger partial charge in [-0.3, -0.25) is 0 Å². The van der Waals surface area contributed by atoms with Gasteiger partial charge in [0.25, 0.3) is 0 Å². The molecule has 1 unspecified atom stereocenters. The molecule has 3 N–H and O–H groups in total. The predicted molar refractivity (Wildman–Crippen MR) is 68.0 cm³/mol. The average molecular weight is 222 g/mol. The van der Waals surface area contributed by atoms with Gasteiger partial charge in [0.15, 0.2) is 0 Å². The Morgan fingerprint density at radius 3 is 2.81 bits per heavy atom. The number of benzene rings is 1. The van der Waals surface area contributed by atoms with Crippen LogP contribution in [0.25, 0.3) is 0 Å². The Balaban J connectivity index is 2.48. The molecule has 0 saturated carbocycles. The molecule has 0 saturated heterocycles. The molecule has 16 heavy (non-hydrogen) atoms. The molecular formula is C13H22N2O. The zero-order valence-corrected chi connectivity index (χ0v) is 10.4. The molecule has 1 atom stereocenters. The van der Waals surface area contributed by atoms with Gasteiger partial charge < -0.3 is 15.8 Å². The number of hydrogen-bond acceptors (Lipinski definition) is 3. The van der Waals surface area contributed by atoms with Crippen molar-refractivity contribution in [3.8, 4) is 5.75 Å². The van der Waals surface area contributed by atoms with Gasteiger partial charge in [-0.05, 0) is 38.4 Å². The Morgan fingerprint density at radius 1 is 1.44 bits per heavy atom. The standard InChI is InChI=1S/C13H22N2O/c1-10-4-5-13(16-3)12(8-10)6-7-15-9-11(2)14/h4-5,8,11,15H,6-7,9,14H2,1-3H3. The summed E-state index contributed by atoms with van der Waals surface area (Å²) in [5, 5.41) is 3.32. The lowest BCUT2D eigenvalue weighted by Gasteiger charge is -2.11. The molecule has 3 heteroatoms. The van der Waals surface area contributed by atoms with Gasteiger partial charge in [-0.1, -0.05) is 17.7 Å². The van der Waals surface area contributed by atoms with E-state index in [1.54, 1.807) is 7.11 Å². The molecule has 0 radical (unpaired) electrons. The lowest BCUT2D eigenvalue weighted by atomic mass is 10.1. The van der Waals surface area contributed by atoms with Gasteiger partial charge in [-0.25, -0.2) is 0 Å². The minimum Gasteiger partial charge on any atom is -0.496 e. The van der Waals surface area contributed by atoms with Crippen LogP contribution in [-0.2, 0) is 6.42 Å². The Kier molecular flexibility index (Phi) is 5.29. The van der Waals surface area contributed by atoms with E-state index in [0.29, 0.717) is 0 Å². The third-order valence-electron chi connectivity index (χ3n) is 2.47. The van der Waals surface area contributed by atoms with Gasteiger partial charge in [-0.2, -0.15) is 0 Å². The SMILES string of the molecule is COc1ccc(C)cc1CCNCC(C)N. The van der Waals surface area contributed by atoms with Crippen LogP contribution < -0.4 is 15.8 Å². The van der Waals surface area contributed by atoms with Crippen LogP contribution in [0.3, 0.4) is 0 Å². The number of methoxy groups -OCH3 is 1. The second-order valence-electron chi connectivity index (χ2n) is 4.25. The topological polar surface area (TPSA) is 47.3 Å². The fourth-order valence-corrected chi connectivity index (χ4v) is 1.66. The van der Waals surface area contributed by atoms with E-state index in [1.807, 2.05) is 13.0 Å². The molecule has 3 nitrogen and oxygen atoms in total. The molecule has 0 aromatic heterocycles. The van der Waals surface area contributed by atoms with E-state index in [2.05, 4.69) is 24.4 Å². The van der Waals surface area contributed by atoms with Crippen LogP contribution in [0.15, 0.2) is 18.2 Å². The summed E-state index contributed by atoms with van der Waals surface area (Å²) in [6, 6.07) is 6.47. The van der Waals surface area contributed by atoms with Crippen LogP contribution in [0, 0.1) is 6.92 Å². The summed E-state index contributed by atoms with van der Waals surface area (Å²) >= 11 is 0. The Bertz CT molecular complexity index is 324. The number of rotatable bonds is 6. The Hall–Kier alpha value is -1.06. The van der Waals surface area contributed by atoms with Crippen molar-refractivity contribution in [1.82, 2.24) is 5.32 Å². The van der Waals surface area contributed by atoms with E-state index in [-0.39, 0.29) is 6.04 Å². The maximum Gasteiger partial charge on any atom is 0.122 e. The zero-order chi connectivity index (χ0) is 12.0. The maximum absolute atomic E-state index is 5.66. The highest BCUT2D eigenvalue weighted by Gasteiger charge is 2.02. The molecule has 0 bridgehead atoms. The Morgan fingerprint density at radius 2 is 2.19 bits per heavy atom. The summed E-state index contributed by atoms with van der Waals surface area (Å²) in [5.41, 5.74) is 8.18. The molecule has 0 fully saturated rings. The fraction of sp³-hybridized carbons (Fsp3) is 0.538. The van der Waals surface area contributed by atoms with Crippen molar-refractivity contribution in [3.63, 3.8) is 0 Å². The van der Waals surface area contributed by atoms with Crippen molar-refractivity contribution in [1.29, 1.82) is 0 Å². The molecule has 0 heterocycles. The molecule has 1 aromatic carbocycles. The zero-order valence-electron chi connectivity index (χ0n) is 10.4. The molecule has 0 aliphatic carbocycles. The summed E-state index contributed by atoms with van der Waals surface area (Å²) in [4.78, 5) is 0. The minimum atomic E-state index is 0.208. The van der Waals surface area contributed by atoms with Crippen LogP contribution in [0.1, 0.15) is 18.1 Å². The molecular weight excluding hydrogens is 200 g/mol. The van der Waals surface area contributed by atoms with Crippen LogP contribution in [0.4, 0.5) is 0 Å². The molecule has 0 aliphatic rings. The molecule has 0 spiro atoms. The summed E-state index contributed by atoms with van der Waals surface area (Å²) in [6.45, 7) is 5.88. The van der Waals surface area contributed by atoms with E-state index in [4.69, 9.17) is 10.5 Å². The van der Waals surface area contributed by atoms with Crippen LogP contribution in [-0.4, -0.2) is 26.2 Å². The predicted octanol–water partition coefficient (Wildman–Crippen LogP) is 1.48. The monoisotopic (exact) mass is 222 g/mol. The van der Waals surface area contributed by atoms with E-state index >= 15 is 0 Å². The molecule has 1 rings (SSSR count). The average Bonchev–Trinajstić information content (AvgIpc) is 2.24. The lowest BCUT2D eigenvalue weighted by molar-refractivity contribution is 0.409. The summed E-state index contributed by atoms with van der Waals surface area (Å²) in [5.74, 6) is 0.966. The lowest BCUT2D eigenvalue weighted by Crippen LogP contribution is -2.32. The van der Waals surface area contributed by atoms with Gasteiger partial charge in [-0.15, -0.1) is 0 Å². The smallest absolute Gasteiger partial charge is 0.122 e. The molecule has 0 amide bonds. The fourth-order valence-electron chi connectivity index (χ4n) is 1.66. The second-order valence-corrected chi connectivity index (χ2v) is 4.25. The highest BCUT2D eigenvalue weighted by atomic mass is 16.5. The number of nitrogens with two attached hydrogens (primary N) is 1. The minimum absolute atomic E-state index is 0.208. The highest BCUT2D eigenvalue weighted by molar-refractivity contribution is 5.37. The van der Waals surface area contributed by atoms with Crippen molar-refractivity contribution >= 4 is 0 Å². The quantitative estimate of drug-likeness (QED) is 0.717. The van der Waals surface area contributed by atoms with Gasteiger partial charge in [0, 0.05) is 12.6 Å². The number of aryl methyl sites for hydroxylation is 1. The maximum atomic E-state index is 5.66. The van der Waals surface area contributed by atoms with Gasteiger partial charge in [0.1, 0.15) is 5.75 Å². The molecule has 0 aliphatic heterocycles. The third-order valence-corrected chi connectivity index (χ3v) is 2.47. The van der Waals surface area contributed by atoms with Crippen LogP contribution >= 0.6 is 0 Å². The van der Waals surface area contributed by atoms with E-state index in [0.717, 1.165) is 25.3 Å².